The predicted molar refractivity (Wildman–Crippen MR) is 77.6 cm³/mol. The Hall–Kier alpha value is -0.740. The molecule has 0 bridgehead atoms. The number of hydrogen-bond donors (Lipinski definition) is 1. The number of carbonyl (C=O) groups is 1. The summed E-state index contributed by atoms with van der Waals surface area (Å²) in [6.07, 6.45) is 1.16. The summed E-state index contributed by atoms with van der Waals surface area (Å²) in [5.74, 6) is 0.204. The quantitative estimate of drug-likeness (QED) is 0.918. The molecule has 4 heteroatoms. The number of benzene rings is 1. The molecule has 19 heavy (non-hydrogen) atoms. The summed E-state index contributed by atoms with van der Waals surface area (Å²) in [5.41, 5.74) is 0.433. The first-order valence-corrected chi connectivity index (χ1v) is 7.43. The van der Waals surface area contributed by atoms with E-state index in [1.165, 1.54) is 12.1 Å². The summed E-state index contributed by atoms with van der Waals surface area (Å²) in [6, 6.07) is 4.50. The van der Waals surface area contributed by atoms with E-state index in [2.05, 4.69) is 35.1 Å². The van der Waals surface area contributed by atoms with Gasteiger partial charge in [-0.3, -0.25) is 4.79 Å². The van der Waals surface area contributed by atoms with Crippen molar-refractivity contribution in [2.24, 2.45) is 11.3 Å². The number of halogens is 2. The fourth-order valence-electron chi connectivity index (χ4n) is 2.79. The normalized spacial score (nSPS) is 23.0. The smallest absolute Gasteiger partial charge is 0.145 e. The maximum atomic E-state index is 13.3. The van der Waals surface area contributed by atoms with Crippen molar-refractivity contribution in [3.63, 3.8) is 0 Å². The molecular formula is C15H19BrFNO. The summed E-state index contributed by atoms with van der Waals surface area (Å²) in [7, 11) is 0. The minimum absolute atomic E-state index is 0.207. The van der Waals surface area contributed by atoms with Crippen LogP contribution in [0.3, 0.4) is 0 Å². The second-order valence-corrected chi connectivity index (χ2v) is 6.43. The van der Waals surface area contributed by atoms with Gasteiger partial charge in [0.15, 0.2) is 0 Å². The van der Waals surface area contributed by atoms with Crippen LogP contribution in [0.25, 0.3) is 0 Å². The standard InChI is InChI=1S/C15H19BrFNO/c1-10(2)15(5-6-18-9-15)14(19)8-11-7-12(17)3-4-13(11)16/h3-4,7,10,18H,5-6,8-9H2,1-2H3. The lowest BCUT2D eigenvalue weighted by molar-refractivity contribution is -0.129. The summed E-state index contributed by atoms with van der Waals surface area (Å²) in [6.45, 7) is 5.79. The third-order valence-corrected chi connectivity index (χ3v) is 4.98. The summed E-state index contributed by atoms with van der Waals surface area (Å²) >= 11 is 3.39. The Bertz CT molecular complexity index is 481. The molecule has 1 aliphatic rings. The minimum atomic E-state index is -0.300. The molecule has 1 unspecified atom stereocenters. The molecule has 0 amide bonds. The Kier molecular flexibility index (Phi) is 4.41. The lowest BCUT2D eigenvalue weighted by Gasteiger charge is -2.31. The van der Waals surface area contributed by atoms with Gasteiger partial charge in [0.05, 0.1) is 0 Å². The van der Waals surface area contributed by atoms with Crippen molar-refractivity contribution in [2.75, 3.05) is 13.1 Å². The van der Waals surface area contributed by atoms with Gasteiger partial charge in [0.25, 0.3) is 0 Å². The van der Waals surface area contributed by atoms with Crippen LogP contribution in [0, 0.1) is 17.2 Å². The van der Waals surface area contributed by atoms with Crippen LogP contribution in [0.2, 0.25) is 0 Å². The largest absolute Gasteiger partial charge is 0.316 e. The highest BCUT2D eigenvalue weighted by molar-refractivity contribution is 9.10. The van der Waals surface area contributed by atoms with E-state index in [4.69, 9.17) is 0 Å². The van der Waals surface area contributed by atoms with Crippen molar-refractivity contribution in [3.05, 3.63) is 34.1 Å². The first-order chi connectivity index (χ1) is 8.95. The van der Waals surface area contributed by atoms with Gasteiger partial charge >= 0.3 is 0 Å². The lowest BCUT2D eigenvalue weighted by atomic mass is 9.71. The molecule has 0 radical (unpaired) electrons. The molecule has 0 aliphatic carbocycles. The molecule has 0 saturated carbocycles. The van der Waals surface area contributed by atoms with Gasteiger partial charge in [-0.25, -0.2) is 4.39 Å². The highest BCUT2D eigenvalue weighted by Crippen LogP contribution is 2.36. The first-order valence-electron chi connectivity index (χ1n) is 6.63. The Morgan fingerprint density at radius 3 is 2.84 bits per heavy atom. The van der Waals surface area contributed by atoms with E-state index in [1.54, 1.807) is 6.07 Å². The van der Waals surface area contributed by atoms with Crippen LogP contribution >= 0.6 is 15.9 Å². The average molecular weight is 328 g/mol. The van der Waals surface area contributed by atoms with E-state index < -0.39 is 0 Å². The summed E-state index contributed by atoms with van der Waals surface area (Å²) in [4.78, 5) is 12.7. The van der Waals surface area contributed by atoms with Crippen LogP contribution < -0.4 is 5.32 Å². The third-order valence-electron chi connectivity index (χ3n) is 4.21. The van der Waals surface area contributed by atoms with E-state index in [0.29, 0.717) is 5.92 Å². The number of rotatable bonds is 4. The van der Waals surface area contributed by atoms with Gasteiger partial charge < -0.3 is 5.32 Å². The molecular weight excluding hydrogens is 309 g/mol. The Labute approximate surface area is 121 Å². The molecule has 1 N–H and O–H groups in total. The number of hydrogen-bond acceptors (Lipinski definition) is 2. The second kappa shape index (κ2) is 5.71. The first kappa shape index (κ1) is 14.7. The van der Waals surface area contributed by atoms with Gasteiger partial charge in [0.1, 0.15) is 11.6 Å². The van der Waals surface area contributed by atoms with Crippen LogP contribution in [0.4, 0.5) is 4.39 Å². The number of ketones is 1. The zero-order valence-electron chi connectivity index (χ0n) is 11.3. The Morgan fingerprint density at radius 1 is 1.53 bits per heavy atom. The molecule has 2 rings (SSSR count). The van der Waals surface area contributed by atoms with Crippen LogP contribution in [0.15, 0.2) is 22.7 Å². The predicted octanol–water partition coefficient (Wildman–Crippen LogP) is 3.34. The van der Waals surface area contributed by atoms with E-state index in [1.807, 2.05) is 0 Å². The van der Waals surface area contributed by atoms with Crippen LogP contribution in [0.5, 0.6) is 0 Å². The highest BCUT2D eigenvalue weighted by atomic mass is 79.9. The fourth-order valence-corrected chi connectivity index (χ4v) is 3.18. The number of Topliss-reactive ketones (excluding diaryl/α,β-unsaturated/α-hetero) is 1. The molecule has 1 aliphatic heterocycles. The molecule has 1 atom stereocenters. The summed E-state index contributed by atoms with van der Waals surface area (Å²) in [5, 5.41) is 3.28. The second-order valence-electron chi connectivity index (χ2n) is 5.57. The topological polar surface area (TPSA) is 29.1 Å². The third kappa shape index (κ3) is 2.90. The minimum Gasteiger partial charge on any atom is -0.316 e. The molecule has 104 valence electrons. The van der Waals surface area contributed by atoms with Gasteiger partial charge in [-0.05, 0) is 42.6 Å². The van der Waals surface area contributed by atoms with Crippen LogP contribution in [-0.4, -0.2) is 18.9 Å². The maximum absolute atomic E-state index is 13.3. The van der Waals surface area contributed by atoms with E-state index >= 15 is 0 Å². The molecule has 0 aromatic heterocycles. The molecule has 1 heterocycles. The molecule has 1 fully saturated rings. The van der Waals surface area contributed by atoms with E-state index in [9.17, 15) is 9.18 Å². The van der Waals surface area contributed by atoms with Gasteiger partial charge in [-0.2, -0.15) is 0 Å². The molecule has 1 saturated heterocycles. The van der Waals surface area contributed by atoms with Gasteiger partial charge in [-0.15, -0.1) is 0 Å². The van der Waals surface area contributed by atoms with Crippen molar-refractivity contribution < 1.29 is 9.18 Å². The van der Waals surface area contributed by atoms with Crippen molar-refractivity contribution in [2.45, 2.75) is 26.7 Å². The number of nitrogens with one attached hydrogen (secondary N) is 1. The molecule has 1 aromatic carbocycles. The van der Waals surface area contributed by atoms with Crippen LogP contribution in [-0.2, 0) is 11.2 Å². The zero-order valence-corrected chi connectivity index (χ0v) is 12.9. The van der Waals surface area contributed by atoms with E-state index in [0.717, 1.165) is 29.5 Å². The highest BCUT2D eigenvalue weighted by Gasteiger charge is 2.43. The average Bonchev–Trinajstić information content (AvgIpc) is 2.84. The molecule has 0 spiro atoms. The van der Waals surface area contributed by atoms with Crippen molar-refractivity contribution in [3.8, 4) is 0 Å². The number of carbonyl (C=O) groups excluding carboxylic acids is 1. The fraction of sp³-hybridized carbons (Fsp3) is 0.533. The van der Waals surface area contributed by atoms with Gasteiger partial charge in [-0.1, -0.05) is 29.8 Å². The summed E-state index contributed by atoms with van der Waals surface area (Å²) < 4.78 is 14.1. The van der Waals surface area contributed by atoms with Crippen molar-refractivity contribution >= 4 is 21.7 Å². The van der Waals surface area contributed by atoms with Gasteiger partial charge in [0, 0.05) is 22.9 Å². The zero-order chi connectivity index (χ0) is 14.0. The SMILES string of the molecule is CC(C)C1(C(=O)Cc2cc(F)ccc2Br)CCNC1. The maximum Gasteiger partial charge on any atom is 0.145 e. The van der Waals surface area contributed by atoms with Gasteiger partial charge in [0.2, 0.25) is 0 Å². The molecule has 2 nitrogen and oxygen atoms in total. The van der Waals surface area contributed by atoms with Crippen LogP contribution in [0.1, 0.15) is 25.8 Å². The Morgan fingerprint density at radius 2 is 2.26 bits per heavy atom. The molecule has 1 aromatic rings. The lowest BCUT2D eigenvalue weighted by Crippen LogP contribution is -2.39. The van der Waals surface area contributed by atoms with E-state index in [-0.39, 0.29) is 23.4 Å². The Balaban J connectivity index is 2.22. The monoisotopic (exact) mass is 327 g/mol. The van der Waals surface area contributed by atoms with Crippen molar-refractivity contribution in [1.82, 2.24) is 5.32 Å². The van der Waals surface area contributed by atoms with Crippen molar-refractivity contribution in [1.29, 1.82) is 0 Å².